The van der Waals surface area contributed by atoms with Crippen molar-refractivity contribution < 1.29 is 0 Å². The van der Waals surface area contributed by atoms with Gasteiger partial charge in [-0.25, -0.2) is 9.97 Å². The lowest BCUT2D eigenvalue weighted by Crippen LogP contribution is -2.35. The molecule has 0 unspecified atom stereocenters. The first-order valence-corrected chi connectivity index (χ1v) is 9.10. The van der Waals surface area contributed by atoms with E-state index in [1.165, 1.54) is 0 Å². The second-order valence-electron chi connectivity index (χ2n) is 6.24. The van der Waals surface area contributed by atoms with Gasteiger partial charge >= 0.3 is 0 Å². The van der Waals surface area contributed by atoms with Crippen molar-refractivity contribution in [2.24, 2.45) is 7.05 Å². The zero-order valence-corrected chi connectivity index (χ0v) is 14.8. The Morgan fingerprint density at radius 3 is 2.92 bits per heavy atom. The van der Waals surface area contributed by atoms with Gasteiger partial charge in [0.05, 0.1) is 6.54 Å². The monoisotopic (exact) mass is 343 g/mol. The van der Waals surface area contributed by atoms with Crippen LogP contribution in [-0.2, 0) is 13.6 Å². The zero-order chi connectivity index (χ0) is 16.5. The molecule has 1 fully saturated rings. The van der Waals surface area contributed by atoms with E-state index in [0.717, 1.165) is 48.5 Å². The lowest BCUT2D eigenvalue weighted by atomic mass is 9.97. The Balaban J connectivity index is 1.53. The van der Waals surface area contributed by atoms with E-state index in [2.05, 4.69) is 41.2 Å². The molecule has 7 nitrogen and oxygen atoms in total. The summed E-state index contributed by atoms with van der Waals surface area (Å²) in [7, 11) is 2.07. The van der Waals surface area contributed by atoms with Crippen LogP contribution >= 0.6 is 11.3 Å². The van der Waals surface area contributed by atoms with Crippen LogP contribution in [0.15, 0.2) is 24.0 Å². The molecule has 0 spiro atoms. The Bertz CT molecular complexity index is 804. The van der Waals surface area contributed by atoms with E-state index in [1.807, 2.05) is 30.9 Å². The van der Waals surface area contributed by atoms with Crippen LogP contribution in [0.5, 0.6) is 0 Å². The summed E-state index contributed by atoms with van der Waals surface area (Å²) in [4.78, 5) is 11.1. The highest BCUT2D eigenvalue weighted by molar-refractivity contribution is 7.13. The predicted octanol–water partition coefficient (Wildman–Crippen LogP) is 2.21. The predicted molar refractivity (Wildman–Crippen MR) is 93.4 cm³/mol. The van der Waals surface area contributed by atoms with Gasteiger partial charge in [0.2, 0.25) is 0 Å². The molecule has 1 aliphatic heterocycles. The smallest absolute Gasteiger partial charge is 0.185 e. The third-order valence-electron chi connectivity index (χ3n) is 4.71. The topological polar surface area (TPSA) is 64.7 Å². The summed E-state index contributed by atoms with van der Waals surface area (Å²) in [5.74, 6) is 3.44. The molecule has 0 saturated carbocycles. The number of nitrogens with zero attached hydrogens (tertiary/aromatic N) is 7. The number of aromatic nitrogens is 6. The van der Waals surface area contributed by atoms with Crippen LogP contribution in [0.1, 0.15) is 36.2 Å². The van der Waals surface area contributed by atoms with E-state index in [0.29, 0.717) is 12.5 Å². The van der Waals surface area contributed by atoms with E-state index < -0.39 is 0 Å². The fraction of sp³-hybridized carbons (Fsp3) is 0.500. The van der Waals surface area contributed by atoms with Gasteiger partial charge in [0.1, 0.15) is 11.6 Å². The summed E-state index contributed by atoms with van der Waals surface area (Å²) in [6.07, 6.45) is 7.98. The van der Waals surface area contributed by atoms with Crippen LogP contribution in [0.25, 0.3) is 0 Å². The van der Waals surface area contributed by atoms with Crippen LogP contribution in [0.2, 0.25) is 0 Å². The summed E-state index contributed by atoms with van der Waals surface area (Å²) in [5.41, 5.74) is 0. The number of hydrogen-bond acceptors (Lipinski definition) is 6. The van der Waals surface area contributed by atoms with Crippen LogP contribution in [0.4, 0.5) is 5.13 Å². The normalized spacial score (nSPS) is 18.2. The lowest BCUT2D eigenvalue weighted by molar-refractivity contribution is 0.477. The minimum atomic E-state index is 0.401. The van der Waals surface area contributed by atoms with Crippen molar-refractivity contribution in [1.82, 2.24) is 29.3 Å². The van der Waals surface area contributed by atoms with E-state index >= 15 is 0 Å². The van der Waals surface area contributed by atoms with Gasteiger partial charge in [0, 0.05) is 50.0 Å². The fourth-order valence-electron chi connectivity index (χ4n) is 3.33. The molecule has 1 aliphatic rings. The van der Waals surface area contributed by atoms with Gasteiger partial charge in [-0.2, -0.15) is 0 Å². The van der Waals surface area contributed by atoms with Crippen molar-refractivity contribution >= 4 is 16.5 Å². The summed E-state index contributed by atoms with van der Waals surface area (Å²) in [5, 5.41) is 12.1. The summed E-state index contributed by atoms with van der Waals surface area (Å²) in [6.45, 7) is 4.75. The largest absolute Gasteiger partial charge is 0.347 e. The Morgan fingerprint density at radius 1 is 1.25 bits per heavy atom. The lowest BCUT2D eigenvalue weighted by Gasteiger charge is -2.31. The van der Waals surface area contributed by atoms with Crippen molar-refractivity contribution in [2.75, 3.05) is 18.0 Å². The standard InChI is InChI=1S/C16H21N7S/c1-12-17-5-8-22(12)11-14-19-20-15(21(14)2)13-4-3-7-23(10-13)16-18-6-9-24-16/h5-6,8-9,13H,3-4,7,10-11H2,1-2H3/t13-/m0/s1. The van der Waals surface area contributed by atoms with Crippen LogP contribution in [0, 0.1) is 6.92 Å². The van der Waals surface area contributed by atoms with Gasteiger partial charge in [0.25, 0.3) is 0 Å². The number of piperidine rings is 1. The maximum absolute atomic E-state index is 4.50. The first-order chi connectivity index (χ1) is 11.7. The number of hydrogen-bond donors (Lipinski definition) is 0. The SMILES string of the molecule is Cc1nccn1Cc1nnc([C@H]2CCCN(c3nccs3)C2)n1C. The molecule has 4 rings (SSSR count). The molecule has 0 aliphatic carbocycles. The first-order valence-electron chi connectivity index (χ1n) is 8.22. The van der Waals surface area contributed by atoms with Gasteiger partial charge in [0.15, 0.2) is 11.0 Å². The molecule has 0 aromatic carbocycles. The third-order valence-corrected chi connectivity index (χ3v) is 5.54. The number of thiazole rings is 1. The second kappa shape index (κ2) is 6.35. The van der Waals surface area contributed by atoms with E-state index in [-0.39, 0.29) is 0 Å². The molecule has 8 heteroatoms. The number of imidazole rings is 1. The Kier molecular flexibility index (Phi) is 4.05. The van der Waals surface area contributed by atoms with E-state index in [1.54, 1.807) is 11.3 Å². The first kappa shape index (κ1) is 15.3. The number of rotatable bonds is 4. The number of anilines is 1. The molecule has 0 radical (unpaired) electrons. The Hall–Kier alpha value is -2.22. The molecule has 3 aromatic rings. The van der Waals surface area contributed by atoms with Crippen molar-refractivity contribution in [2.45, 2.75) is 32.2 Å². The highest BCUT2D eigenvalue weighted by Crippen LogP contribution is 2.30. The van der Waals surface area contributed by atoms with Gasteiger partial charge < -0.3 is 14.0 Å². The highest BCUT2D eigenvalue weighted by atomic mass is 32.1. The molecule has 24 heavy (non-hydrogen) atoms. The number of aryl methyl sites for hydroxylation is 1. The minimum Gasteiger partial charge on any atom is -0.347 e. The average Bonchev–Trinajstić information content (AvgIpc) is 3.32. The quantitative estimate of drug-likeness (QED) is 0.727. The van der Waals surface area contributed by atoms with Crippen molar-refractivity contribution in [3.05, 3.63) is 41.4 Å². The molecular formula is C16H21N7S. The Labute approximate surface area is 145 Å². The highest BCUT2D eigenvalue weighted by Gasteiger charge is 2.27. The molecule has 4 heterocycles. The van der Waals surface area contributed by atoms with Gasteiger partial charge in [-0.15, -0.1) is 21.5 Å². The summed E-state index contributed by atoms with van der Waals surface area (Å²) >= 11 is 1.70. The maximum Gasteiger partial charge on any atom is 0.185 e. The molecule has 3 aromatic heterocycles. The van der Waals surface area contributed by atoms with Crippen molar-refractivity contribution in [3.63, 3.8) is 0 Å². The zero-order valence-electron chi connectivity index (χ0n) is 14.0. The average molecular weight is 343 g/mol. The van der Waals surface area contributed by atoms with Crippen LogP contribution < -0.4 is 4.90 Å². The Morgan fingerprint density at radius 2 is 2.17 bits per heavy atom. The summed E-state index contributed by atoms with van der Waals surface area (Å²) in [6, 6.07) is 0. The third kappa shape index (κ3) is 2.82. The molecule has 0 bridgehead atoms. The summed E-state index contributed by atoms with van der Waals surface area (Å²) < 4.78 is 4.24. The van der Waals surface area contributed by atoms with Crippen LogP contribution in [0.3, 0.4) is 0 Å². The van der Waals surface area contributed by atoms with Crippen molar-refractivity contribution in [1.29, 1.82) is 0 Å². The molecular weight excluding hydrogens is 322 g/mol. The molecule has 0 N–H and O–H groups in total. The van der Waals surface area contributed by atoms with Crippen molar-refractivity contribution in [3.8, 4) is 0 Å². The molecule has 0 amide bonds. The van der Waals surface area contributed by atoms with Crippen LogP contribution in [-0.4, -0.2) is 42.4 Å². The van der Waals surface area contributed by atoms with Gasteiger partial charge in [-0.05, 0) is 19.8 Å². The molecule has 126 valence electrons. The second-order valence-corrected chi connectivity index (χ2v) is 7.11. The molecule has 1 saturated heterocycles. The minimum absolute atomic E-state index is 0.401. The van der Waals surface area contributed by atoms with Gasteiger partial charge in [-0.3, -0.25) is 0 Å². The van der Waals surface area contributed by atoms with E-state index in [4.69, 9.17) is 0 Å². The van der Waals surface area contributed by atoms with Gasteiger partial charge in [-0.1, -0.05) is 0 Å². The maximum atomic E-state index is 4.50. The molecule has 1 atom stereocenters. The fourth-order valence-corrected chi connectivity index (χ4v) is 4.01. The van der Waals surface area contributed by atoms with E-state index in [9.17, 15) is 0 Å².